The van der Waals surface area contributed by atoms with E-state index in [1.165, 1.54) is 0 Å². The third-order valence-corrected chi connectivity index (χ3v) is 4.30. The predicted octanol–water partition coefficient (Wildman–Crippen LogP) is 3.16. The van der Waals surface area contributed by atoms with E-state index in [1.54, 1.807) is 0 Å². The second-order valence-electron chi connectivity index (χ2n) is 5.35. The summed E-state index contributed by atoms with van der Waals surface area (Å²) in [6.07, 6.45) is 3.11. The molecule has 0 spiro atoms. The molecule has 1 aliphatic carbocycles. The fourth-order valence-corrected chi connectivity index (χ4v) is 2.76. The number of nitrogens with zero attached hydrogens (tertiary/aromatic N) is 2. The number of hydrogen-bond acceptors (Lipinski definition) is 4. The van der Waals surface area contributed by atoms with E-state index in [2.05, 4.69) is 17.1 Å². The van der Waals surface area contributed by atoms with E-state index in [-0.39, 0.29) is 11.5 Å². The van der Waals surface area contributed by atoms with Gasteiger partial charge in [0, 0.05) is 16.6 Å². The highest BCUT2D eigenvalue weighted by Crippen LogP contribution is 2.39. The van der Waals surface area contributed by atoms with Gasteiger partial charge < -0.3 is 10.3 Å². The zero-order valence-electron chi connectivity index (χ0n) is 10.8. The molecule has 2 unspecified atom stereocenters. The average Bonchev–Trinajstić information content (AvgIpc) is 3.00. The zero-order chi connectivity index (χ0) is 13.5. The molecule has 2 aromatic rings. The first kappa shape index (κ1) is 12.6. The molecule has 0 aliphatic heterocycles. The summed E-state index contributed by atoms with van der Waals surface area (Å²) in [4.78, 5) is 4.51. The first-order valence-electron chi connectivity index (χ1n) is 6.45. The minimum absolute atomic E-state index is 0.0889. The molecular weight excluding hydrogens is 262 g/mol. The molecule has 1 saturated carbocycles. The van der Waals surface area contributed by atoms with Crippen molar-refractivity contribution in [2.24, 2.45) is 5.73 Å². The first-order valence-corrected chi connectivity index (χ1v) is 6.83. The minimum Gasteiger partial charge on any atom is -0.338 e. The Kier molecular flexibility index (Phi) is 3.07. The quantitative estimate of drug-likeness (QED) is 0.916. The Morgan fingerprint density at radius 1 is 1.37 bits per heavy atom. The van der Waals surface area contributed by atoms with Crippen molar-refractivity contribution in [1.29, 1.82) is 0 Å². The van der Waals surface area contributed by atoms with Crippen LogP contribution in [0.5, 0.6) is 0 Å². The van der Waals surface area contributed by atoms with Crippen molar-refractivity contribution in [2.45, 2.75) is 37.6 Å². The van der Waals surface area contributed by atoms with Crippen LogP contribution >= 0.6 is 11.6 Å². The van der Waals surface area contributed by atoms with Gasteiger partial charge in [0.2, 0.25) is 11.7 Å². The normalized spacial score (nSPS) is 26.8. The van der Waals surface area contributed by atoms with Crippen LogP contribution < -0.4 is 5.73 Å². The monoisotopic (exact) mass is 277 g/mol. The van der Waals surface area contributed by atoms with Crippen LogP contribution in [0.2, 0.25) is 5.02 Å². The average molecular weight is 278 g/mol. The van der Waals surface area contributed by atoms with Crippen LogP contribution in [0, 0.1) is 0 Å². The van der Waals surface area contributed by atoms with Crippen LogP contribution in [0.3, 0.4) is 0 Å². The van der Waals surface area contributed by atoms with Gasteiger partial charge in [-0.25, -0.2) is 0 Å². The van der Waals surface area contributed by atoms with Gasteiger partial charge in [-0.15, -0.1) is 0 Å². The molecule has 1 aliphatic rings. The Labute approximate surface area is 117 Å². The summed E-state index contributed by atoms with van der Waals surface area (Å²) in [7, 11) is 0. The van der Waals surface area contributed by atoms with Crippen LogP contribution in [-0.2, 0) is 5.41 Å². The molecule has 5 heteroatoms. The standard InChI is InChI=1S/C14H16ClN3O/c1-14(8-2-3-11(14)16)13-17-12(18-19-13)9-4-6-10(15)7-5-9/h4-7,11H,2-3,8,16H2,1H3. The molecule has 0 bridgehead atoms. The Hall–Kier alpha value is -1.39. The van der Waals surface area contributed by atoms with Gasteiger partial charge in [-0.1, -0.05) is 23.2 Å². The second kappa shape index (κ2) is 4.62. The molecule has 0 saturated heterocycles. The van der Waals surface area contributed by atoms with E-state index < -0.39 is 0 Å². The number of benzene rings is 1. The van der Waals surface area contributed by atoms with Crippen molar-refractivity contribution < 1.29 is 4.52 Å². The largest absolute Gasteiger partial charge is 0.338 e. The van der Waals surface area contributed by atoms with Crippen LogP contribution in [0.4, 0.5) is 0 Å². The topological polar surface area (TPSA) is 64.9 Å². The van der Waals surface area contributed by atoms with E-state index in [4.69, 9.17) is 21.9 Å². The molecule has 0 radical (unpaired) electrons. The molecule has 2 atom stereocenters. The highest BCUT2D eigenvalue weighted by atomic mass is 35.5. The maximum absolute atomic E-state index is 6.17. The Morgan fingerprint density at radius 2 is 2.11 bits per heavy atom. The summed E-state index contributed by atoms with van der Waals surface area (Å²) < 4.78 is 5.43. The summed E-state index contributed by atoms with van der Waals surface area (Å²) in [6.45, 7) is 2.10. The first-order chi connectivity index (χ1) is 9.09. The molecule has 0 amide bonds. The van der Waals surface area contributed by atoms with Crippen molar-refractivity contribution in [1.82, 2.24) is 10.1 Å². The molecule has 3 rings (SSSR count). The highest BCUT2D eigenvalue weighted by molar-refractivity contribution is 6.30. The van der Waals surface area contributed by atoms with Gasteiger partial charge in [0.1, 0.15) is 0 Å². The van der Waals surface area contributed by atoms with Gasteiger partial charge in [0.25, 0.3) is 0 Å². The molecule has 1 aromatic heterocycles. The fourth-order valence-electron chi connectivity index (χ4n) is 2.63. The second-order valence-corrected chi connectivity index (χ2v) is 5.78. The van der Waals surface area contributed by atoms with Gasteiger partial charge in [-0.3, -0.25) is 0 Å². The predicted molar refractivity (Wildman–Crippen MR) is 73.9 cm³/mol. The SMILES string of the molecule is CC1(c2nc(-c3ccc(Cl)cc3)no2)CCCC1N. The fraction of sp³-hybridized carbons (Fsp3) is 0.429. The van der Waals surface area contributed by atoms with Crippen molar-refractivity contribution in [3.63, 3.8) is 0 Å². The lowest BCUT2D eigenvalue weighted by Crippen LogP contribution is -2.38. The summed E-state index contributed by atoms with van der Waals surface area (Å²) in [5.74, 6) is 1.23. The number of nitrogens with two attached hydrogens (primary N) is 1. The lowest BCUT2D eigenvalue weighted by Gasteiger charge is -2.23. The van der Waals surface area contributed by atoms with Crippen molar-refractivity contribution in [2.75, 3.05) is 0 Å². The van der Waals surface area contributed by atoms with Crippen molar-refractivity contribution in [3.05, 3.63) is 35.2 Å². The Balaban J connectivity index is 1.93. The molecule has 19 heavy (non-hydrogen) atoms. The van der Waals surface area contributed by atoms with E-state index in [0.717, 1.165) is 24.8 Å². The van der Waals surface area contributed by atoms with Gasteiger partial charge in [-0.05, 0) is 44.0 Å². The lowest BCUT2D eigenvalue weighted by molar-refractivity contribution is 0.278. The Morgan fingerprint density at radius 3 is 2.74 bits per heavy atom. The summed E-state index contributed by atoms with van der Waals surface area (Å²) >= 11 is 5.87. The number of aromatic nitrogens is 2. The molecule has 4 nitrogen and oxygen atoms in total. The van der Waals surface area contributed by atoms with Crippen molar-refractivity contribution in [3.8, 4) is 11.4 Å². The molecule has 1 heterocycles. The lowest BCUT2D eigenvalue weighted by atomic mass is 9.85. The maximum Gasteiger partial charge on any atom is 0.234 e. The smallest absolute Gasteiger partial charge is 0.234 e. The molecular formula is C14H16ClN3O. The van der Waals surface area contributed by atoms with Crippen LogP contribution in [0.1, 0.15) is 32.1 Å². The highest BCUT2D eigenvalue weighted by Gasteiger charge is 2.42. The van der Waals surface area contributed by atoms with E-state index in [0.29, 0.717) is 16.7 Å². The third-order valence-electron chi connectivity index (χ3n) is 4.05. The summed E-state index contributed by atoms with van der Waals surface area (Å²) in [6, 6.07) is 7.49. The van der Waals surface area contributed by atoms with E-state index >= 15 is 0 Å². The van der Waals surface area contributed by atoms with E-state index in [9.17, 15) is 0 Å². The van der Waals surface area contributed by atoms with Gasteiger partial charge in [0.15, 0.2) is 0 Å². The third kappa shape index (κ3) is 2.15. The number of rotatable bonds is 2. The van der Waals surface area contributed by atoms with Crippen LogP contribution in [0.25, 0.3) is 11.4 Å². The van der Waals surface area contributed by atoms with Crippen LogP contribution in [-0.4, -0.2) is 16.2 Å². The van der Waals surface area contributed by atoms with E-state index in [1.807, 2.05) is 24.3 Å². The molecule has 2 N–H and O–H groups in total. The van der Waals surface area contributed by atoms with Crippen LogP contribution in [0.15, 0.2) is 28.8 Å². The number of halogens is 1. The molecule has 1 aromatic carbocycles. The van der Waals surface area contributed by atoms with Gasteiger partial charge in [-0.2, -0.15) is 4.98 Å². The van der Waals surface area contributed by atoms with Gasteiger partial charge >= 0.3 is 0 Å². The van der Waals surface area contributed by atoms with Gasteiger partial charge in [0.05, 0.1) is 5.41 Å². The summed E-state index contributed by atoms with van der Waals surface area (Å²) in [5, 5.41) is 4.75. The minimum atomic E-state index is -0.197. The van der Waals surface area contributed by atoms with Crippen molar-refractivity contribution >= 4 is 11.6 Å². The Bertz CT molecular complexity index is 581. The summed E-state index contributed by atoms with van der Waals surface area (Å²) in [5.41, 5.74) is 6.87. The maximum atomic E-state index is 6.17. The molecule has 1 fully saturated rings. The zero-order valence-corrected chi connectivity index (χ0v) is 11.5. The molecule has 100 valence electrons. The number of hydrogen-bond donors (Lipinski definition) is 1.